The minimum atomic E-state index is -0.916. The highest BCUT2D eigenvalue weighted by Gasteiger charge is 2.14. The molecule has 4 heteroatoms. The van der Waals surface area contributed by atoms with Gasteiger partial charge in [0, 0.05) is 24.7 Å². The zero-order chi connectivity index (χ0) is 12.3. The van der Waals surface area contributed by atoms with Crippen molar-refractivity contribution in [2.75, 3.05) is 18.0 Å². The van der Waals surface area contributed by atoms with Gasteiger partial charge in [-0.05, 0) is 38.3 Å². The maximum Gasteiger partial charge on any atom is 0.331 e. The Bertz CT molecular complexity index is 428. The molecule has 1 aromatic heterocycles. The van der Waals surface area contributed by atoms with Crippen LogP contribution >= 0.6 is 0 Å². The van der Waals surface area contributed by atoms with E-state index in [1.807, 2.05) is 12.1 Å². The molecule has 1 fully saturated rings. The normalized spacial score (nSPS) is 17.2. The molecule has 0 atom stereocenters. The molecule has 1 aliphatic rings. The third kappa shape index (κ3) is 2.90. The first-order chi connectivity index (χ1) is 8.16. The molecular formula is C13H17NO3. The zero-order valence-corrected chi connectivity index (χ0v) is 9.98. The van der Waals surface area contributed by atoms with Gasteiger partial charge in [-0.3, -0.25) is 0 Å². The second-order valence-electron chi connectivity index (χ2n) is 4.36. The van der Waals surface area contributed by atoms with E-state index >= 15 is 0 Å². The second-order valence-corrected chi connectivity index (χ2v) is 4.36. The van der Waals surface area contributed by atoms with Crippen molar-refractivity contribution in [1.29, 1.82) is 0 Å². The van der Waals surface area contributed by atoms with Gasteiger partial charge >= 0.3 is 5.97 Å². The molecule has 0 unspecified atom stereocenters. The molecule has 0 aromatic carbocycles. The van der Waals surface area contributed by atoms with E-state index < -0.39 is 5.97 Å². The van der Waals surface area contributed by atoms with E-state index in [9.17, 15) is 4.79 Å². The third-order valence-corrected chi connectivity index (χ3v) is 2.98. The van der Waals surface area contributed by atoms with E-state index in [2.05, 4.69) is 4.90 Å². The summed E-state index contributed by atoms with van der Waals surface area (Å²) in [4.78, 5) is 12.9. The van der Waals surface area contributed by atoms with Crippen LogP contribution in [0.5, 0.6) is 0 Å². The van der Waals surface area contributed by atoms with Crippen LogP contribution in [0.2, 0.25) is 0 Å². The topological polar surface area (TPSA) is 53.7 Å². The molecule has 92 valence electrons. The molecular weight excluding hydrogens is 218 g/mol. The van der Waals surface area contributed by atoms with Gasteiger partial charge in [-0.2, -0.15) is 0 Å². The summed E-state index contributed by atoms with van der Waals surface area (Å²) in [6.07, 6.45) is 5.22. The molecule has 0 spiro atoms. The fraction of sp³-hybridized carbons (Fsp3) is 0.462. The average molecular weight is 235 g/mol. The molecule has 1 saturated heterocycles. The number of anilines is 1. The maximum atomic E-state index is 10.7. The Kier molecular flexibility index (Phi) is 3.52. The van der Waals surface area contributed by atoms with E-state index in [-0.39, 0.29) is 5.57 Å². The quantitative estimate of drug-likeness (QED) is 0.818. The fourth-order valence-corrected chi connectivity index (χ4v) is 1.98. The summed E-state index contributed by atoms with van der Waals surface area (Å²) in [5, 5.41) is 8.78. The van der Waals surface area contributed by atoms with Crippen LogP contribution in [-0.4, -0.2) is 24.2 Å². The lowest BCUT2D eigenvalue weighted by atomic mass is 10.1. The van der Waals surface area contributed by atoms with Gasteiger partial charge in [0.2, 0.25) is 0 Å². The van der Waals surface area contributed by atoms with Crippen molar-refractivity contribution in [1.82, 2.24) is 0 Å². The van der Waals surface area contributed by atoms with Crippen LogP contribution in [0.4, 0.5) is 5.88 Å². The van der Waals surface area contributed by atoms with Crippen molar-refractivity contribution in [3.8, 4) is 0 Å². The SMILES string of the molecule is CC(=Cc1ccc(N2CCCCC2)o1)C(=O)O. The summed E-state index contributed by atoms with van der Waals surface area (Å²) >= 11 is 0. The van der Waals surface area contributed by atoms with E-state index in [1.165, 1.54) is 19.3 Å². The predicted octanol–water partition coefficient (Wildman–Crippen LogP) is 2.76. The third-order valence-electron chi connectivity index (χ3n) is 2.98. The number of hydrogen-bond acceptors (Lipinski definition) is 3. The minimum absolute atomic E-state index is 0.282. The summed E-state index contributed by atoms with van der Waals surface area (Å²) in [5.74, 6) is 0.528. The highest BCUT2D eigenvalue weighted by Crippen LogP contribution is 2.23. The largest absolute Gasteiger partial charge is 0.478 e. The number of rotatable bonds is 3. The van der Waals surface area contributed by atoms with Crippen LogP contribution in [0.25, 0.3) is 6.08 Å². The first-order valence-electron chi connectivity index (χ1n) is 5.93. The van der Waals surface area contributed by atoms with Gasteiger partial charge in [-0.25, -0.2) is 4.79 Å². The number of hydrogen-bond donors (Lipinski definition) is 1. The Morgan fingerprint density at radius 3 is 2.71 bits per heavy atom. The molecule has 0 aliphatic carbocycles. The number of aliphatic carboxylic acids is 1. The molecule has 2 heterocycles. The summed E-state index contributed by atoms with van der Waals surface area (Å²) in [7, 11) is 0. The molecule has 0 bridgehead atoms. The van der Waals surface area contributed by atoms with Crippen LogP contribution in [0.1, 0.15) is 31.9 Å². The van der Waals surface area contributed by atoms with Gasteiger partial charge in [0.05, 0.1) is 0 Å². The lowest BCUT2D eigenvalue weighted by Crippen LogP contribution is -2.28. The molecule has 1 aromatic rings. The van der Waals surface area contributed by atoms with Gasteiger partial charge in [0.1, 0.15) is 5.76 Å². The first kappa shape index (κ1) is 11.8. The van der Waals surface area contributed by atoms with E-state index in [1.54, 1.807) is 13.0 Å². The summed E-state index contributed by atoms with van der Waals surface area (Å²) in [5.41, 5.74) is 0.282. The van der Waals surface area contributed by atoms with Crippen LogP contribution in [0, 0.1) is 0 Å². The molecule has 0 amide bonds. The second kappa shape index (κ2) is 5.08. The van der Waals surface area contributed by atoms with Crippen LogP contribution in [0.3, 0.4) is 0 Å². The monoisotopic (exact) mass is 235 g/mol. The molecule has 4 nitrogen and oxygen atoms in total. The van der Waals surface area contributed by atoms with Gasteiger partial charge in [0.15, 0.2) is 5.88 Å². The van der Waals surface area contributed by atoms with Gasteiger partial charge in [-0.1, -0.05) is 0 Å². The van der Waals surface area contributed by atoms with Crippen molar-refractivity contribution in [2.24, 2.45) is 0 Å². The smallest absolute Gasteiger partial charge is 0.331 e. The number of carboxylic acid groups (broad SMARTS) is 1. The zero-order valence-electron chi connectivity index (χ0n) is 9.98. The number of piperidine rings is 1. The number of nitrogens with zero attached hydrogens (tertiary/aromatic N) is 1. The van der Waals surface area contributed by atoms with Crippen molar-refractivity contribution >= 4 is 17.9 Å². The highest BCUT2D eigenvalue weighted by molar-refractivity contribution is 5.91. The van der Waals surface area contributed by atoms with Crippen LogP contribution < -0.4 is 4.90 Å². The van der Waals surface area contributed by atoms with E-state index in [0.29, 0.717) is 5.76 Å². The van der Waals surface area contributed by atoms with Gasteiger partial charge in [0.25, 0.3) is 0 Å². The van der Waals surface area contributed by atoms with Gasteiger partial charge < -0.3 is 14.4 Å². The molecule has 0 radical (unpaired) electrons. The van der Waals surface area contributed by atoms with E-state index in [4.69, 9.17) is 9.52 Å². The fourth-order valence-electron chi connectivity index (χ4n) is 1.98. The Labute approximate surface area is 101 Å². The van der Waals surface area contributed by atoms with Crippen molar-refractivity contribution in [2.45, 2.75) is 26.2 Å². The van der Waals surface area contributed by atoms with Crippen molar-refractivity contribution in [3.05, 3.63) is 23.5 Å². The average Bonchev–Trinajstić information content (AvgIpc) is 2.78. The standard InChI is InChI=1S/C13H17NO3/c1-10(13(15)16)9-11-5-6-12(17-11)14-7-3-2-4-8-14/h5-6,9H,2-4,7-8H2,1H3,(H,15,16). The Hall–Kier alpha value is -1.71. The van der Waals surface area contributed by atoms with Crippen LogP contribution in [0.15, 0.2) is 22.1 Å². The molecule has 2 rings (SSSR count). The number of carbonyl (C=O) groups is 1. The molecule has 1 aliphatic heterocycles. The maximum absolute atomic E-state index is 10.7. The highest BCUT2D eigenvalue weighted by atomic mass is 16.4. The first-order valence-corrected chi connectivity index (χ1v) is 5.93. The van der Waals surface area contributed by atoms with Crippen molar-refractivity contribution in [3.63, 3.8) is 0 Å². The summed E-state index contributed by atoms with van der Waals surface area (Å²) in [6, 6.07) is 3.72. The van der Waals surface area contributed by atoms with Gasteiger partial charge in [-0.15, -0.1) is 0 Å². The lowest BCUT2D eigenvalue weighted by molar-refractivity contribution is -0.132. The molecule has 17 heavy (non-hydrogen) atoms. The minimum Gasteiger partial charge on any atom is -0.478 e. The van der Waals surface area contributed by atoms with Crippen LogP contribution in [-0.2, 0) is 4.79 Å². The number of carboxylic acids is 1. The summed E-state index contributed by atoms with van der Waals surface area (Å²) in [6.45, 7) is 3.61. The van der Waals surface area contributed by atoms with Crippen molar-refractivity contribution < 1.29 is 14.3 Å². The Morgan fingerprint density at radius 1 is 1.35 bits per heavy atom. The number of furan rings is 1. The Morgan fingerprint density at radius 2 is 2.06 bits per heavy atom. The van der Waals surface area contributed by atoms with E-state index in [0.717, 1.165) is 19.0 Å². The molecule has 0 saturated carbocycles. The predicted molar refractivity (Wildman–Crippen MR) is 66.1 cm³/mol. The Balaban J connectivity index is 2.10. The summed E-state index contributed by atoms with van der Waals surface area (Å²) < 4.78 is 5.63. The molecule has 1 N–H and O–H groups in total. The lowest BCUT2D eigenvalue weighted by Gasteiger charge is -2.25.